The van der Waals surface area contributed by atoms with Gasteiger partial charge in [0.1, 0.15) is 5.69 Å². The molecule has 2 N–H and O–H groups in total. The number of aromatic nitrogens is 2. The molecule has 1 aliphatic heterocycles. The molecule has 3 aromatic rings. The van der Waals surface area contributed by atoms with Crippen LogP contribution >= 0.6 is 0 Å². The van der Waals surface area contributed by atoms with Gasteiger partial charge >= 0.3 is 0 Å². The standard InChI is InChI=1S/C15H16N4O/c1-2-4-13-11(3-1)12(10-17-13)14-9-15(20-18-14)19-7-5-16-6-8-19/h1-4,9-10,16-17H,5-8H2. The molecule has 20 heavy (non-hydrogen) atoms. The van der Waals surface area contributed by atoms with Crippen LogP contribution < -0.4 is 10.2 Å². The lowest BCUT2D eigenvalue weighted by molar-refractivity contribution is 0.409. The largest absolute Gasteiger partial charge is 0.360 e. The lowest BCUT2D eigenvalue weighted by atomic mass is 10.1. The molecule has 0 spiro atoms. The molecule has 0 bridgehead atoms. The molecule has 1 fully saturated rings. The van der Waals surface area contributed by atoms with Crippen molar-refractivity contribution in [3.05, 3.63) is 36.5 Å². The van der Waals surface area contributed by atoms with Gasteiger partial charge in [-0.2, -0.15) is 0 Å². The fourth-order valence-corrected chi connectivity index (χ4v) is 2.71. The number of para-hydroxylation sites is 1. The Balaban J connectivity index is 1.70. The van der Waals surface area contributed by atoms with Gasteiger partial charge in [-0.25, -0.2) is 0 Å². The zero-order chi connectivity index (χ0) is 13.4. The molecule has 2 aromatic heterocycles. The first-order chi connectivity index (χ1) is 9.92. The molecule has 4 rings (SSSR count). The summed E-state index contributed by atoms with van der Waals surface area (Å²) < 4.78 is 5.51. The second-order valence-corrected chi connectivity index (χ2v) is 5.04. The molecule has 0 radical (unpaired) electrons. The Kier molecular flexibility index (Phi) is 2.70. The number of aromatic amines is 1. The molecule has 0 unspecified atom stereocenters. The number of fused-ring (bicyclic) bond motifs is 1. The second-order valence-electron chi connectivity index (χ2n) is 5.04. The molecule has 1 aliphatic rings. The van der Waals surface area contributed by atoms with Gasteiger partial charge in [0.15, 0.2) is 0 Å². The van der Waals surface area contributed by atoms with Crippen molar-refractivity contribution in [1.82, 2.24) is 15.5 Å². The van der Waals surface area contributed by atoms with Crippen molar-refractivity contribution in [3.8, 4) is 11.3 Å². The number of anilines is 1. The highest BCUT2D eigenvalue weighted by Gasteiger charge is 2.17. The maximum absolute atomic E-state index is 5.51. The third-order valence-electron chi connectivity index (χ3n) is 3.79. The minimum Gasteiger partial charge on any atom is -0.360 e. The number of H-pyrrole nitrogens is 1. The first kappa shape index (κ1) is 11.5. The number of hydrogen-bond acceptors (Lipinski definition) is 4. The van der Waals surface area contributed by atoms with Crippen molar-refractivity contribution >= 4 is 16.8 Å². The summed E-state index contributed by atoms with van der Waals surface area (Å²) in [5.74, 6) is 0.854. The van der Waals surface area contributed by atoms with E-state index in [-0.39, 0.29) is 0 Å². The number of nitrogens with one attached hydrogen (secondary N) is 2. The first-order valence-corrected chi connectivity index (χ1v) is 6.91. The van der Waals surface area contributed by atoms with Gasteiger partial charge in [-0.15, -0.1) is 0 Å². The molecule has 5 heteroatoms. The van der Waals surface area contributed by atoms with Crippen molar-refractivity contribution < 1.29 is 4.52 Å². The summed E-state index contributed by atoms with van der Waals surface area (Å²) in [4.78, 5) is 5.49. The van der Waals surface area contributed by atoms with E-state index >= 15 is 0 Å². The molecule has 3 heterocycles. The molecule has 1 aromatic carbocycles. The van der Waals surface area contributed by atoms with E-state index in [9.17, 15) is 0 Å². The summed E-state index contributed by atoms with van der Waals surface area (Å²) >= 11 is 0. The van der Waals surface area contributed by atoms with Crippen molar-refractivity contribution in [3.63, 3.8) is 0 Å². The molecule has 0 saturated carbocycles. The highest BCUT2D eigenvalue weighted by molar-refractivity contribution is 5.94. The van der Waals surface area contributed by atoms with Gasteiger partial charge in [0.25, 0.3) is 0 Å². The Bertz CT molecular complexity index is 724. The van der Waals surface area contributed by atoms with E-state index in [4.69, 9.17) is 4.52 Å². The van der Waals surface area contributed by atoms with Crippen LogP contribution in [0.1, 0.15) is 0 Å². The smallest absolute Gasteiger partial charge is 0.227 e. The van der Waals surface area contributed by atoms with Crippen molar-refractivity contribution in [2.24, 2.45) is 0 Å². The number of rotatable bonds is 2. The fraction of sp³-hybridized carbons (Fsp3) is 0.267. The molecule has 0 amide bonds. The Labute approximate surface area is 116 Å². The third-order valence-corrected chi connectivity index (χ3v) is 3.79. The van der Waals surface area contributed by atoms with Gasteiger partial charge in [-0.05, 0) is 6.07 Å². The van der Waals surface area contributed by atoms with Crippen molar-refractivity contribution in [1.29, 1.82) is 0 Å². The van der Waals surface area contributed by atoms with Crippen LogP contribution in [0.4, 0.5) is 5.88 Å². The third kappa shape index (κ3) is 1.87. The Morgan fingerprint density at radius 2 is 2.00 bits per heavy atom. The summed E-state index contributed by atoms with van der Waals surface area (Å²) in [5, 5.41) is 8.73. The molecule has 102 valence electrons. The number of nitrogens with zero attached hydrogens (tertiary/aromatic N) is 2. The van der Waals surface area contributed by atoms with Crippen molar-refractivity contribution in [2.75, 3.05) is 31.1 Å². The second kappa shape index (κ2) is 4.68. The van der Waals surface area contributed by atoms with Crippen LogP contribution in [0.3, 0.4) is 0 Å². The summed E-state index contributed by atoms with van der Waals surface area (Å²) in [6.45, 7) is 3.90. The van der Waals surface area contributed by atoms with Gasteiger partial charge < -0.3 is 19.7 Å². The summed E-state index contributed by atoms with van der Waals surface area (Å²) in [5.41, 5.74) is 3.09. The van der Waals surface area contributed by atoms with E-state index in [0.717, 1.165) is 48.8 Å². The summed E-state index contributed by atoms with van der Waals surface area (Å²) in [6, 6.07) is 10.3. The zero-order valence-corrected chi connectivity index (χ0v) is 11.1. The SMILES string of the molecule is c1ccc2c(-c3cc(N4CCNCC4)on3)c[nH]c2c1. The quantitative estimate of drug-likeness (QED) is 0.748. The van der Waals surface area contributed by atoms with E-state index in [0.29, 0.717) is 0 Å². The lowest BCUT2D eigenvalue weighted by Crippen LogP contribution is -2.43. The molecular formula is C15H16N4O. The maximum Gasteiger partial charge on any atom is 0.227 e. The minimum atomic E-state index is 0.854. The van der Waals surface area contributed by atoms with Gasteiger partial charge in [0.2, 0.25) is 5.88 Å². The first-order valence-electron chi connectivity index (χ1n) is 6.91. The van der Waals surface area contributed by atoms with Crippen LogP contribution in [-0.2, 0) is 0 Å². The molecule has 1 saturated heterocycles. The number of benzene rings is 1. The average molecular weight is 268 g/mol. The van der Waals surface area contributed by atoms with Gasteiger partial charge in [0, 0.05) is 54.9 Å². The molecular weight excluding hydrogens is 252 g/mol. The van der Waals surface area contributed by atoms with E-state index in [1.54, 1.807) is 0 Å². The lowest BCUT2D eigenvalue weighted by Gasteiger charge is -2.25. The van der Waals surface area contributed by atoms with E-state index in [1.165, 1.54) is 5.39 Å². The summed E-state index contributed by atoms with van der Waals surface area (Å²) in [7, 11) is 0. The fourth-order valence-electron chi connectivity index (χ4n) is 2.71. The predicted molar refractivity (Wildman–Crippen MR) is 78.9 cm³/mol. The maximum atomic E-state index is 5.51. The van der Waals surface area contributed by atoms with Crippen LogP contribution in [0.5, 0.6) is 0 Å². The summed E-state index contributed by atoms with van der Waals surface area (Å²) in [6.07, 6.45) is 1.99. The van der Waals surface area contributed by atoms with Gasteiger partial charge in [0.05, 0.1) is 0 Å². The normalized spacial score (nSPS) is 15.9. The molecule has 0 atom stereocenters. The van der Waals surface area contributed by atoms with Crippen LogP contribution in [0.2, 0.25) is 0 Å². The molecule has 5 nitrogen and oxygen atoms in total. The Morgan fingerprint density at radius 1 is 1.15 bits per heavy atom. The van der Waals surface area contributed by atoms with Crippen molar-refractivity contribution in [2.45, 2.75) is 0 Å². The topological polar surface area (TPSA) is 57.1 Å². The van der Waals surface area contributed by atoms with Gasteiger partial charge in [-0.1, -0.05) is 23.4 Å². The number of piperazine rings is 1. The van der Waals surface area contributed by atoms with E-state index in [2.05, 4.69) is 32.5 Å². The van der Waals surface area contributed by atoms with Crippen LogP contribution in [0.25, 0.3) is 22.2 Å². The Hall–Kier alpha value is -2.27. The minimum absolute atomic E-state index is 0.854. The van der Waals surface area contributed by atoms with Crippen LogP contribution in [0.15, 0.2) is 41.1 Å². The highest BCUT2D eigenvalue weighted by atomic mass is 16.5. The number of hydrogen-bond donors (Lipinski definition) is 2. The monoisotopic (exact) mass is 268 g/mol. The Morgan fingerprint density at radius 3 is 2.90 bits per heavy atom. The predicted octanol–water partition coefficient (Wildman–Crippen LogP) is 2.23. The van der Waals surface area contributed by atoms with E-state index in [1.807, 2.05) is 24.4 Å². The zero-order valence-electron chi connectivity index (χ0n) is 11.1. The highest BCUT2D eigenvalue weighted by Crippen LogP contribution is 2.30. The van der Waals surface area contributed by atoms with Crippen LogP contribution in [0, 0.1) is 0 Å². The van der Waals surface area contributed by atoms with E-state index < -0.39 is 0 Å². The molecule has 0 aliphatic carbocycles. The van der Waals surface area contributed by atoms with Gasteiger partial charge in [-0.3, -0.25) is 0 Å². The average Bonchev–Trinajstić information content (AvgIpc) is 3.14. The van der Waals surface area contributed by atoms with Crippen LogP contribution in [-0.4, -0.2) is 36.3 Å².